The fourth-order valence-corrected chi connectivity index (χ4v) is 3.30. The van der Waals surface area contributed by atoms with Crippen LogP contribution in [-0.4, -0.2) is 31.2 Å². The fraction of sp³-hybridized carbons (Fsp3) is 0.0417. The lowest BCUT2D eigenvalue weighted by Gasteiger charge is -2.08. The Morgan fingerprint density at radius 1 is 1.00 bits per heavy atom. The van der Waals surface area contributed by atoms with Gasteiger partial charge in [-0.1, -0.05) is 23.4 Å². The quantitative estimate of drug-likeness (QED) is 0.402. The Labute approximate surface area is 187 Å². The maximum atomic E-state index is 13.2. The minimum absolute atomic E-state index is 0.280. The molecule has 5 rings (SSSR count). The molecule has 0 radical (unpaired) electrons. The second-order valence-corrected chi connectivity index (χ2v) is 7.21. The second kappa shape index (κ2) is 8.83. The summed E-state index contributed by atoms with van der Waals surface area (Å²) in [6.07, 6.45) is 3.67. The van der Waals surface area contributed by atoms with E-state index in [4.69, 9.17) is 4.52 Å². The van der Waals surface area contributed by atoms with Crippen molar-refractivity contribution in [2.75, 3.05) is 5.32 Å². The summed E-state index contributed by atoms with van der Waals surface area (Å²) in [7, 11) is 0. The van der Waals surface area contributed by atoms with Crippen LogP contribution < -0.4 is 5.32 Å². The molecule has 0 spiro atoms. The largest absolute Gasteiger partial charge is 0.339 e. The van der Waals surface area contributed by atoms with E-state index in [0.29, 0.717) is 35.1 Å². The molecule has 0 aliphatic rings. The zero-order valence-electron chi connectivity index (χ0n) is 17.2. The van der Waals surface area contributed by atoms with Gasteiger partial charge in [-0.3, -0.25) is 14.9 Å². The van der Waals surface area contributed by atoms with Crippen LogP contribution in [-0.2, 0) is 6.42 Å². The van der Waals surface area contributed by atoms with E-state index in [-0.39, 0.29) is 17.4 Å². The number of benzene rings is 2. The average molecular weight is 440 g/mol. The number of carbonyl (C=O) groups is 1. The van der Waals surface area contributed by atoms with Gasteiger partial charge in [-0.2, -0.15) is 10.1 Å². The van der Waals surface area contributed by atoms with Crippen molar-refractivity contribution in [1.82, 2.24) is 25.3 Å². The number of nitrogens with one attached hydrogen (secondary N) is 2. The molecule has 162 valence electrons. The predicted octanol–water partition coefficient (Wildman–Crippen LogP) is 4.50. The molecule has 2 N–H and O–H groups in total. The Kier molecular flexibility index (Phi) is 5.42. The van der Waals surface area contributed by atoms with Crippen LogP contribution in [0.15, 0.2) is 83.6 Å². The molecular weight excluding hydrogens is 423 g/mol. The summed E-state index contributed by atoms with van der Waals surface area (Å²) in [5.41, 5.74) is 3.76. The highest BCUT2D eigenvalue weighted by Crippen LogP contribution is 2.22. The molecule has 0 bridgehead atoms. The number of amides is 1. The molecule has 0 saturated heterocycles. The molecule has 8 nitrogen and oxygen atoms in total. The summed E-state index contributed by atoms with van der Waals surface area (Å²) < 4.78 is 18.5. The minimum atomic E-state index is -0.355. The number of H-pyrrole nitrogens is 1. The molecule has 9 heteroatoms. The van der Waals surface area contributed by atoms with E-state index in [1.54, 1.807) is 48.8 Å². The number of anilines is 1. The van der Waals surface area contributed by atoms with Crippen LogP contribution in [0.3, 0.4) is 0 Å². The van der Waals surface area contributed by atoms with E-state index in [1.807, 2.05) is 18.2 Å². The Morgan fingerprint density at radius 3 is 2.61 bits per heavy atom. The van der Waals surface area contributed by atoms with E-state index in [2.05, 4.69) is 30.6 Å². The highest BCUT2D eigenvalue weighted by Gasteiger charge is 2.15. The van der Waals surface area contributed by atoms with Gasteiger partial charge in [0.2, 0.25) is 11.7 Å². The first-order valence-corrected chi connectivity index (χ1v) is 10.1. The van der Waals surface area contributed by atoms with Crippen LogP contribution in [0.1, 0.15) is 21.9 Å². The van der Waals surface area contributed by atoms with Gasteiger partial charge in [0.1, 0.15) is 11.5 Å². The number of nitrogens with zero attached hydrogens (tertiary/aromatic N) is 4. The number of hydrogen-bond acceptors (Lipinski definition) is 6. The Balaban J connectivity index is 1.32. The van der Waals surface area contributed by atoms with Gasteiger partial charge >= 0.3 is 0 Å². The van der Waals surface area contributed by atoms with Crippen LogP contribution >= 0.6 is 0 Å². The number of rotatable bonds is 6. The first-order chi connectivity index (χ1) is 16.2. The third-order valence-corrected chi connectivity index (χ3v) is 4.98. The van der Waals surface area contributed by atoms with Crippen LogP contribution in [0.5, 0.6) is 0 Å². The Morgan fingerprint density at radius 2 is 1.79 bits per heavy atom. The average Bonchev–Trinajstić information content (AvgIpc) is 3.52. The zero-order chi connectivity index (χ0) is 22.6. The van der Waals surface area contributed by atoms with Gasteiger partial charge in [0.05, 0.1) is 12.1 Å². The van der Waals surface area contributed by atoms with E-state index < -0.39 is 0 Å². The molecule has 2 aromatic carbocycles. The minimum Gasteiger partial charge on any atom is -0.339 e. The lowest BCUT2D eigenvalue weighted by Crippen LogP contribution is -2.14. The molecule has 33 heavy (non-hydrogen) atoms. The highest BCUT2D eigenvalue weighted by atomic mass is 19.1. The lowest BCUT2D eigenvalue weighted by atomic mass is 10.1. The summed E-state index contributed by atoms with van der Waals surface area (Å²) in [5, 5.41) is 13.8. The van der Waals surface area contributed by atoms with Crippen LogP contribution in [0.2, 0.25) is 0 Å². The molecule has 3 heterocycles. The molecular formula is C24H17FN6O2. The Hall–Kier alpha value is -4.66. The number of halogens is 1. The molecule has 0 saturated carbocycles. The molecule has 0 fully saturated rings. The molecule has 0 aliphatic heterocycles. The van der Waals surface area contributed by atoms with E-state index >= 15 is 0 Å². The van der Waals surface area contributed by atoms with Crippen molar-refractivity contribution in [2.24, 2.45) is 0 Å². The number of hydrogen-bond donors (Lipinski definition) is 2. The van der Waals surface area contributed by atoms with E-state index in [0.717, 1.165) is 11.1 Å². The maximum absolute atomic E-state index is 13.2. The van der Waals surface area contributed by atoms with Gasteiger partial charge in [-0.15, -0.1) is 0 Å². The van der Waals surface area contributed by atoms with Crippen molar-refractivity contribution in [2.45, 2.75) is 6.42 Å². The molecule has 3 aromatic heterocycles. The van der Waals surface area contributed by atoms with Crippen molar-refractivity contribution in [3.8, 4) is 22.6 Å². The lowest BCUT2D eigenvalue weighted by molar-refractivity contribution is 0.102. The summed E-state index contributed by atoms with van der Waals surface area (Å²) in [5.74, 6) is 0.202. The SMILES string of the molecule is O=C(Nc1ccccc1Cc1nc(-c2ccncc2)no1)c1cc(-c2ccc(F)cc2)n[nH]1. The first-order valence-electron chi connectivity index (χ1n) is 10.1. The molecule has 1 amide bonds. The Bertz CT molecular complexity index is 1400. The van der Waals surface area contributed by atoms with Gasteiger partial charge < -0.3 is 9.84 Å². The smallest absolute Gasteiger partial charge is 0.273 e. The van der Waals surface area contributed by atoms with Crippen molar-refractivity contribution in [3.63, 3.8) is 0 Å². The summed E-state index contributed by atoms with van der Waals surface area (Å²) >= 11 is 0. The molecule has 0 unspecified atom stereocenters. The summed E-state index contributed by atoms with van der Waals surface area (Å²) in [6, 6.07) is 18.5. The van der Waals surface area contributed by atoms with Gasteiger partial charge in [0.25, 0.3) is 5.91 Å². The zero-order valence-corrected chi connectivity index (χ0v) is 17.2. The molecule has 5 aromatic rings. The molecule has 0 aliphatic carbocycles. The number of para-hydroxylation sites is 1. The third kappa shape index (κ3) is 4.52. The number of pyridine rings is 1. The van der Waals surface area contributed by atoms with E-state index in [1.165, 1.54) is 12.1 Å². The second-order valence-electron chi connectivity index (χ2n) is 7.21. The highest BCUT2D eigenvalue weighted by molar-refractivity contribution is 6.03. The summed E-state index contributed by atoms with van der Waals surface area (Å²) in [6.45, 7) is 0. The van der Waals surface area contributed by atoms with Crippen molar-refractivity contribution >= 4 is 11.6 Å². The standard InChI is InChI=1S/C24H17FN6O2/c25-18-7-5-15(6-8-18)20-14-21(30-29-20)24(32)27-19-4-2-1-3-17(19)13-22-28-23(31-33-22)16-9-11-26-12-10-16/h1-12,14H,13H2,(H,27,32)(H,29,30). The fourth-order valence-electron chi connectivity index (χ4n) is 3.30. The van der Waals surface area contributed by atoms with Crippen LogP contribution in [0.4, 0.5) is 10.1 Å². The van der Waals surface area contributed by atoms with Gasteiger partial charge in [0, 0.05) is 29.2 Å². The van der Waals surface area contributed by atoms with Gasteiger partial charge in [0.15, 0.2) is 0 Å². The van der Waals surface area contributed by atoms with Crippen molar-refractivity contribution in [1.29, 1.82) is 0 Å². The monoisotopic (exact) mass is 440 g/mol. The number of carbonyl (C=O) groups excluding carboxylic acids is 1. The normalized spacial score (nSPS) is 10.8. The summed E-state index contributed by atoms with van der Waals surface area (Å²) in [4.78, 5) is 21.2. The van der Waals surface area contributed by atoms with Crippen LogP contribution in [0, 0.1) is 5.82 Å². The van der Waals surface area contributed by atoms with Gasteiger partial charge in [-0.25, -0.2) is 4.39 Å². The topological polar surface area (TPSA) is 110 Å². The van der Waals surface area contributed by atoms with Gasteiger partial charge in [-0.05, 0) is 54.1 Å². The number of aromatic amines is 1. The molecule has 0 atom stereocenters. The predicted molar refractivity (Wildman–Crippen MR) is 119 cm³/mol. The van der Waals surface area contributed by atoms with Crippen LogP contribution in [0.25, 0.3) is 22.6 Å². The number of aromatic nitrogens is 5. The van der Waals surface area contributed by atoms with E-state index in [9.17, 15) is 9.18 Å². The maximum Gasteiger partial charge on any atom is 0.273 e. The third-order valence-electron chi connectivity index (χ3n) is 4.98. The van der Waals surface area contributed by atoms with Crippen molar-refractivity contribution in [3.05, 3.63) is 102 Å². The first kappa shape index (κ1) is 20.3. The van der Waals surface area contributed by atoms with Crippen molar-refractivity contribution < 1.29 is 13.7 Å².